The lowest BCUT2D eigenvalue weighted by Crippen LogP contribution is -2.67. The Morgan fingerprint density at radius 1 is 0.898 bits per heavy atom. The van der Waals surface area contributed by atoms with Gasteiger partial charge in [0, 0.05) is 10.0 Å². The van der Waals surface area contributed by atoms with Crippen LogP contribution in [0.4, 0.5) is 4.39 Å². The van der Waals surface area contributed by atoms with Gasteiger partial charge in [-0.3, -0.25) is 4.79 Å². The predicted octanol–water partition coefficient (Wildman–Crippen LogP) is 8.64. The molecule has 49 heavy (non-hydrogen) atoms. The normalized spacial score (nSPS) is 21.0. The van der Waals surface area contributed by atoms with Crippen molar-refractivity contribution in [2.75, 3.05) is 6.61 Å². The van der Waals surface area contributed by atoms with E-state index in [1.54, 1.807) is 32.0 Å². The molecule has 4 aromatic rings. The van der Waals surface area contributed by atoms with Gasteiger partial charge in [-0.25, -0.2) is 4.39 Å². The Kier molecular flexibility index (Phi) is 9.95. The molecule has 4 aromatic carbocycles. The van der Waals surface area contributed by atoms with E-state index in [0.717, 1.165) is 27.9 Å². The van der Waals surface area contributed by atoms with Crippen LogP contribution in [0, 0.1) is 11.7 Å². The standard InChI is InChI=1S/C41H46Cl2FNO3Si/c1-26-30-20-21-37(44)39(32-23-34(32)41(5,6)47)31(30)22-27(45(26)38(46)24-33-35(42)18-13-19-36(33)43)25-48-49(40(2,3)4,28-14-9-7-10-15-28)29-16-11-8-12-17-29/h7-21,26-27,32,34,47H,22-25H2,1-6H3/t26-,27+,32?,34?/m0/s1. The molecule has 2 unspecified atom stereocenters. The Morgan fingerprint density at radius 3 is 1.98 bits per heavy atom. The average Bonchev–Trinajstić information content (AvgIpc) is 3.85. The molecule has 258 valence electrons. The van der Waals surface area contributed by atoms with Crippen LogP contribution >= 0.6 is 23.2 Å². The van der Waals surface area contributed by atoms with Gasteiger partial charge in [0.25, 0.3) is 8.32 Å². The second-order valence-electron chi connectivity index (χ2n) is 15.3. The van der Waals surface area contributed by atoms with Crippen molar-refractivity contribution in [2.24, 2.45) is 5.92 Å². The molecule has 8 heteroatoms. The Labute approximate surface area is 301 Å². The smallest absolute Gasteiger partial charge is 0.261 e. The molecule has 1 N–H and O–H groups in total. The van der Waals surface area contributed by atoms with Crippen LogP contribution in [0.2, 0.25) is 15.1 Å². The summed E-state index contributed by atoms with van der Waals surface area (Å²) in [6.45, 7) is 12.6. The minimum atomic E-state index is -2.96. The molecule has 1 heterocycles. The van der Waals surface area contributed by atoms with E-state index in [2.05, 4.69) is 69.3 Å². The number of hydrogen-bond donors (Lipinski definition) is 1. The Balaban J connectivity index is 1.45. The number of nitrogens with zero attached hydrogens (tertiary/aromatic N) is 1. The molecule has 0 bridgehead atoms. The van der Waals surface area contributed by atoms with Crippen molar-refractivity contribution in [3.05, 3.63) is 129 Å². The van der Waals surface area contributed by atoms with Crippen molar-refractivity contribution >= 4 is 47.8 Å². The second-order valence-corrected chi connectivity index (χ2v) is 20.4. The van der Waals surface area contributed by atoms with Gasteiger partial charge < -0.3 is 14.4 Å². The van der Waals surface area contributed by atoms with Crippen LogP contribution in [0.15, 0.2) is 91.0 Å². The first-order chi connectivity index (χ1) is 23.1. The Morgan fingerprint density at radius 2 is 1.47 bits per heavy atom. The van der Waals surface area contributed by atoms with Crippen LogP contribution in [0.3, 0.4) is 0 Å². The van der Waals surface area contributed by atoms with Crippen molar-refractivity contribution in [2.45, 2.75) is 89.4 Å². The molecule has 0 radical (unpaired) electrons. The first-order valence-electron chi connectivity index (χ1n) is 17.2. The highest BCUT2D eigenvalue weighted by Gasteiger charge is 2.53. The highest BCUT2D eigenvalue weighted by molar-refractivity contribution is 6.99. The van der Waals surface area contributed by atoms with Crippen molar-refractivity contribution < 1.29 is 18.7 Å². The summed E-state index contributed by atoms with van der Waals surface area (Å²) >= 11 is 13.1. The van der Waals surface area contributed by atoms with E-state index < -0.39 is 20.0 Å². The third kappa shape index (κ3) is 6.75. The summed E-state index contributed by atoms with van der Waals surface area (Å²) in [5.74, 6) is -0.477. The summed E-state index contributed by atoms with van der Waals surface area (Å²) in [7, 11) is -2.96. The van der Waals surface area contributed by atoms with Gasteiger partial charge in [-0.2, -0.15) is 0 Å². The first kappa shape index (κ1) is 35.8. The van der Waals surface area contributed by atoms with Gasteiger partial charge in [0.15, 0.2) is 0 Å². The maximum Gasteiger partial charge on any atom is 0.261 e. The third-order valence-electron chi connectivity index (χ3n) is 10.7. The summed E-state index contributed by atoms with van der Waals surface area (Å²) in [4.78, 5) is 16.4. The molecule has 1 aliphatic carbocycles. The summed E-state index contributed by atoms with van der Waals surface area (Å²) in [6.07, 6.45) is 1.19. The number of carbonyl (C=O) groups excluding carboxylic acids is 1. The topological polar surface area (TPSA) is 49.8 Å². The van der Waals surface area contributed by atoms with Crippen LogP contribution < -0.4 is 10.4 Å². The molecular weight excluding hydrogens is 672 g/mol. The van der Waals surface area contributed by atoms with Gasteiger partial charge in [0.05, 0.1) is 30.7 Å². The van der Waals surface area contributed by atoms with Crippen LogP contribution in [-0.4, -0.2) is 42.5 Å². The van der Waals surface area contributed by atoms with Gasteiger partial charge >= 0.3 is 0 Å². The second kappa shape index (κ2) is 13.6. The molecule has 4 atom stereocenters. The summed E-state index contributed by atoms with van der Waals surface area (Å²) in [5, 5.41) is 13.8. The number of amides is 1. The zero-order valence-corrected chi connectivity index (χ0v) is 31.7. The molecule has 2 aliphatic rings. The molecule has 0 saturated heterocycles. The molecule has 6 rings (SSSR count). The molecule has 0 spiro atoms. The number of aliphatic hydroxyl groups is 1. The summed E-state index contributed by atoms with van der Waals surface area (Å²) in [5.41, 5.74) is 2.21. The van der Waals surface area contributed by atoms with Crippen molar-refractivity contribution in [3.8, 4) is 0 Å². The number of rotatable bonds is 9. The van der Waals surface area contributed by atoms with Gasteiger partial charge in [0.1, 0.15) is 5.82 Å². The highest BCUT2D eigenvalue weighted by Crippen LogP contribution is 2.56. The quantitative estimate of drug-likeness (QED) is 0.176. The van der Waals surface area contributed by atoms with E-state index in [1.807, 2.05) is 30.0 Å². The lowest BCUT2D eigenvalue weighted by molar-refractivity contribution is -0.137. The lowest BCUT2D eigenvalue weighted by atomic mass is 9.83. The van der Waals surface area contributed by atoms with E-state index in [-0.39, 0.29) is 47.7 Å². The van der Waals surface area contributed by atoms with Crippen molar-refractivity contribution in [1.29, 1.82) is 0 Å². The maximum absolute atomic E-state index is 15.9. The fourth-order valence-corrected chi connectivity index (χ4v) is 13.4. The number of benzene rings is 4. The summed E-state index contributed by atoms with van der Waals surface area (Å²) in [6, 6.07) is 28.8. The molecule has 1 fully saturated rings. The molecule has 4 nitrogen and oxygen atoms in total. The largest absolute Gasteiger partial charge is 0.405 e. The van der Waals surface area contributed by atoms with E-state index >= 15 is 4.39 Å². The predicted molar refractivity (Wildman–Crippen MR) is 200 cm³/mol. The van der Waals surface area contributed by atoms with Gasteiger partial charge in [-0.15, -0.1) is 0 Å². The average molecular weight is 719 g/mol. The monoisotopic (exact) mass is 717 g/mol. The van der Waals surface area contributed by atoms with Gasteiger partial charge in [-0.05, 0) is 101 Å². The van der Waals surface area contributed by atoms with Gasteiger partial charge in [0.2, 0.25) is 5.91 Å². The fraction of sp³-hybridized carbons (Fsp3) is 0.390. The molecular formula is C41H46Cl2FNO3Si. The minimum Gasteiger partial charge on any atom is -0.405 e. The third-order valence-corrected chi connectivity index (χ3v) is 16.4. The van der Waals surface area contributed by atoms with E-state index in [1.165, 1.54) is 6.07 Å². The number of carbonyl (C=O) groups is 1. The number of hydrogen-bond acceptors (Lipinski definition) is 3. The Bertz CT molecular complexity index is 1760. The van der Waals surface area contributed by atoms with E-state index in [0.29, 0.717) is 27.6 Å². The molecule has 1 saturated carbocycles. The van der Waals surface area contributed by atoms with Gasteiger partial charge in [-0.1, -0.05) is 117 Å². The van der Waals surface area contributed by atoms with Crippen LogP contribution in [0.1, 0.15) is 82.2 Å². The van der Waals surface area contributed by atoms with Crippen molar-refractivity contribution in [3.63, 3.8) is 0 Å². The van der Waals surface area contributed by atoms with Crippen LogP contribution in [-0.2, 0) is 22.1 Å². The lowest BCUT2D eigenvalue weighted by Gasteiger charge is -2.47. The number of fused-ring (bicyclic) bond motifs is 1. The molecule has 1 aliphatic heterocycles. The number of halogens is 3. The highest BCUT2D eigenvalue weighted by atomic mass is 35.5. The van der Waals surface area contributed by atoms with E-state index in [4.69, 9.17) is 27.6 Å². The van der Waals surface area contributed by atoms with E-state index in [9.17, 15) is 9.90 Å². The zero-order chi connectivity index (χ0) is 35.3. The Hall–Kier alpha value is -3.00. The first-order valence-corrected chi connectivity index (χ1v) is 19.8. The fourth-order valence-electron chi connectivity index (χ4n) is 8.25. The van der Waals surface area contributed by atoms with Crippen LogP contribution in [0.5, 0.6) is 0 Å². The summed E-state index contributed by atoms with van der Waals surface area (Å²) < 4.78 is 23.3. The molecule has 1 amide bonds. The van der Waals surface area contributed by atoms with Crippen LogP contribution in [0.25, 0.3) is 0 Å². The minimum absolute atomic E-state index is 0.0300. The van der Waals surface area contributed by atoms with Crippen molar-refractivity contribution in [1.82, 2.24) is 4.90 Å². The SMILES string of the molecule is C[C@H]1c2ccc(F)c(C3CC3C(C)(C)O)c2C[C@H](CO[Si](c2ccccc2)(c2ccccc2)C(C)(C)C)N1C(=O)Cc1c(Cl)cccc1Cl. The zero-order valence-electron chi connectivity index (χ0n) is 29.1. The molecule has 0 aromatic heterocycles. The maximum atomic E-state index is 15.9.